The van der Waals surface area contributed by atoms with Gasteiger partial charge in [-0.05, 0) is 40.6 Å². The number of nitrogens with zero attached hydrogens (tertiary/aromatic N) is 5. The molecule has 0 saturated heterocycles. The average Bonchev–Trinajstić information content (AvgIpc) is 3.10. The second-order valence-corrected chi connectivity index (χ2v) is 7.01. The SMILES string of the molecule is Cc1csc(SC2(c3sccc3C(=O)O)N=NN=N2)n1. The molecule has 2 aromatic heterocycles. The Balaban J connectivity index is 2.04. The molecule has 102 valence electrons. The molecule has 3 heterocycles. The zero-order valence-corrected chi connectivity index (χ0v) is 12.5. The number of carboxylic acid groups (broad SMARTS) is 1. The molecule has 1 aliphatic rings. The number of rotatable bonds is 4. The number of aromatic carboxylic acids is 1. The van der Waals surface area contributed by atoms with E-state index in [1.54, 1.807) is 5.38 Å². The summed E-state index contributed by atoms with van der Waals surface area (Å²) in [5.41, 5.74) is 1.06. The third-order valence-corrected chi connectivity index (χ3v) is 5.77. The zero-order chi connectivity index (χ0) is 14.2. The Hall–Kier alpha value is -1.65. The molecule has 3 rings (SSSR count). The summed E-state index contributed by atoms with van der Waals surface area (Å²) >= 11 is 3.96. The molecule has 0 bridgehead atoms. The Labute approximate surface area is 125 Å². The quantitative estimate of drug-likeness (QED) is 0.919. The highest BCUT2D eigenvalue weighted by Gasteiger charge is 2.42. The highest BCUT2D eigenvalue weighted by Crippen LogP contribution is 2.50. The maximum atomic E-state index is 11.3. The van der Waals surface area contributed by atoms with Crippen molar-refractivity contribution in [3.63, 3.8) is 0 Å². The number of hydrogen-bond acceptors (Lipinski definition) is 9. The Morgan fingerprint density at radius 1 is 1.35 bits per heavy atom. The lowest BCUT2D eigenvalue weighted by Crippen LogP contribution is -2.15. The van der Waals surface area contributed by atoms with E-state index in [0.717, 1.165) is 10.0 Å². The van der Waals surface area contributed by atoms with E-state index < -0.39 is 11.0 Å². The van der Waals surface area contributed by atoms with Crippen LogP contribution in [0.2, 0.25) is 0 Å². The smallest absolute Gasteiger partial charge is 0.337 e. The van der Waals surface area contributed by atoms with Gasteiger partial charge in [-0.1, -0.05) is 0 Å². The summed E-state index contributed by atoms with van der Waals surface area (Å²) in [6, 6.07) is 1.53. The van der Waals surface area contributed by atoms with Crippen LogP contribution in [0, 0.1) is 6.92 Å². The van der Waals surface area contributed by atoms with Crippen molar-refractivity contribution in [2.75, 3.05) is 0 Å². The van der Waals surface area contributed by atoms with Crippen molar-refractivity contribution >= 4 is 40.4 Å². The van der Waals surface area contributed by atoms with Crippen LogP contribution >= 0.6 is 34.4 Å². The van der Waals surface area contributed by atoms with E-state index in [1.807, 2.05) is 12.3 Å². The minimum atomic E-state index is -1.17. The molecular weight excluding hydrogens is 318 g/mol. The number of thiazole rings is 1. The molecule has 0 aliphatic carbocycles. The molecule has 2 aromatic rings. The standard InChI is InChI=1S/C10H7N5O2S3/c1-5-4-19-9(11-5)20-10(12-14-15-13-10)7-6(8(16)17)2-3-18-7/h2-4H,1H3,(H,16,17). The maximum Gasteiger partial charge on any atom is 0.337 e. The van der Waals surface area contributed by atoms with Crippen molar-refractivity contribution in [2.45, 2.75) is 16.3 Å². The second-order valence-electron chi connectivity index (χ2n) is 3.81. The van der Waals surface area contributed by atoms with Gasteiger partial charge in [0.2, 0.25) is 0 Å². The number of thiophene rings is 1. The van der Waals surface area contributed by atoms with E-state index in [2.05, 4.69) is 25.7 Å². The van der Waals surface area contributed by atoms with Crippen molar-refractivity contribution in [3.8, 4) is 0 Å². The molecule has 0 amide bonds. The highest BCUT2D eigenvalue weighted by molar-refractivity contribution is 8.02. The Morgan fingerprint density at radius 2 is 2.10 bits per heavy atom. The Bertz CT molecular complexity index is 708. The van der Waals surface area contributed by atoms with Gasteiger partial charge in [-0.25, -0.2) is 9.78 Å². The van der Waals surface area contributed by atoms with Gasteiger partial charge in [-0.2, -0.15) is 0 Å². The molecule has 7 nitrogen and oxygen atoms in total. The molecule has 0 aromatic carbocycles. The van der Waals surface area contributed by atoms with Gasteiger partial charge < -0.3 is 5.11 Å². The Kier molecular flexibility index (Phi) is 3.36. The third-order valence-electron chi connectivity index (χ3n) is 2.42. The molecule has 20 heavy (non-hydrogen) atoms. The number of aryl methyl sites for hydroxylation is 1. The minimum Gasteiger partial charge on any atom is -0.478 e. The first-order chi connectivity index (χ1) is 9.61. The van der Waals surface area contributed by atoms with E-state index in [0.29, 0.717) is 4.88 Å². The van der Waals surface area contributed by atoms with Crippen molar-refractivity contribution in [2.24, 2.45) is 20.7 Å². The van der Waals surface area contributed by atoms with Crippen LogP contribution in [0.15, 0.2) is 41.8 Å². The van der Waals surface area contributed by atoms with Crippen LogP contribution < -0.4 is 0 Å². The molecule has 0 atom stereocenters. The van der Waals surface area contributed by atoms with E-state index in [4.69, 9.17) is 0 Å². The molecule has 0 saturated carbocycles. The fourth-order valence-corrected chi connectivity index (χ4v) is 4.71. The summed E-state index contributed by atoms with van der Waals surface area (Å²) in [5, 5.41) is 28.0. The summed E-state index contributed by atoms with van der Waals surface area (Å²) in [6.45, 7) is 1.89. The zero-order valence-electron chi connectivity index (χ0n) is 10.0. The predicted octanol–water partition coefficient (Wildman–Crippen LogP) is 3.95. The lowest BCUT2D eigenvalue weighted by atomic mass is 10.2. The van der Waals surface area contributed by atoms with E-state index in [1.165, 1.54) is 40.5 Å². The van der Waals surface area contributed by atoms with E-state index in [-0.39, 0.29) is 5.56 Å². The van der Waals surface area contributed by atoms with Crippen molar-refractivity contribution in [1.29, 1.82) is 0 Å². The van der Waals surface area contributed by atoms with Gasteiger partial charge in [0.25, 0.3) is 4.99 Å². The van der Waals surface area contributed by atoms with Gasteiger partial charge in [0.05, 0.1) is 10.4 Å². The van der Waals surface area contributed by atoms with Gasteiger partial charge in [0.15, 0.2) is 4.34 Å². The fourth-order valence-electron chi connectivity index (χ4n) is 1.59. The second kappa shape index (κ2) is 5.04. The number of thioether (sulfide) groups is 1. The lowest BCUT2D eigenvalue weighted by molar-refractivity contribution is 0.0695. The molecule has 10 heteroatoms. The molecule has 1 N–H and O–H groups in total. The first kappa shape index (κ1) is 13.3. The fraction of sp³-hybridized carbons (Fsp3) is 0.200. The van der Waals surface area contributed by atoms with Crippen LogP contribution in [0.5, 0.6) is 0 Å². The van der Waals surface area contributed by atoms with Gasteiger partial charge in [0.1, 0.15) is 0 Å². The summed E-state index contributed by atoms with van der Waals surface area (Å²) in [5.74, 6) is -1.02. The normalized spacial score (nSPS) is 15.8. The summed E-state index contributed by atoms with van der Waals surface area (Å²) in [4.78, 5) is 14.9. The van der Waals surface area contributed by atoms with Crippen LogP contribution in [0.3, 0.4) is 0 Å². The van der Waals surface area contributed by atoms with E-state index >= 15 is 0 Å². The largest absolute Gasteiger partial charge is 0.478 e. The first-order valence-electron chi connectivity index (χ1n) is 5.37. The maximum absolute atomic E-state index is 11.3. The number of carboxylic acids is 1. The first-order valence-corrected chi connectivity index (χ1v) is 7.95. The molecule has 0 fully saturated rings. The van der Waals surface area contributed by atoms with Crippen LogP contribution in [0.1, 0.15) is 20.9 Å². The van der Waals surface area contributed by atoms with Crippen molar-refractivity contribution < 1.29 is 9.90 Å². The topological polar surface area (TPSA) is 99.6 Å². The van der Waals surface area contributed by atoms with Gasteiger partial charge >= 0.3 is 5.97 Å². The molecule has 1 aliphatic heterocycles. The lowest BCUT2D eigenvalue weighted by Gasteiger charge is -2.16. The number of hydrogen-bond donors (Lipinski definition) is 1. The van der Waals surface area contributed by atoms with Gasteiger partial charge in [0, 0.05) is 11.1 Å². The van der Waals surface area contributed by atoms with Crippen LogP contribution in [-0.4, -0.2) is 16.1 Å². The molecule has 0 spiro atoms. The van der Waals surface area contributed by atoms with Crippen LogP contribution in [0.4, 0.5) is 0 Å². The summed E-state index contributed by atoms with van der Waals surface area (Å²) < 4.78 is 0.743. The number of aromatic nitrogens is 1. The Morgan fingerprint density at radius 3 is 2.70 bits per heavy atom. The molecule has 0 radical (unpaired) electrons. The highest BCUT2D eigenvalue weighted by atomic mass is 32.2. The van der Waals surface area contributed by atoms with Crippen molar-refractivity contribution in [1.82, 2.24) is 4.98 Å². The van der Waals surface area contributed by atoms with Gasteiger partial charge in [-0.3, -0.25) is 0 Å². The molecule has 0 unspecified atom stereocenters. The van der Waals surface area contributed by atoms with E-state index in [9.17, 15) is 9.90 Å². The van der Waals surface area contributed by atoms with Crippen LogP contribution in [0.25, 0.3) is 0 Å². The third kappa shape index (κ3) is 2.25. The van der Waals surface area contributed by atoms with Crippen molar-refractivity contribution in [3.05, 3.63) is 33.0 Å². The minimum absolute atomic E-state index is 0.163. The monoisotopic (exact) mass is 325 g/mol. The average molecular weight is 325 g/mol. The summed E-state index contributed by atoms with van der Waals surface area (Å²) in [6.07, 6.45) is 0. The predicted molar refractivity (Wildman–Crippen MR) is 75.4 cm³/mol. The van der Waals surface area contributed by atoms with Gasteiger partial charge in [-0.15, -0.1) is 32.9 Å². The number of carbonyl (C=O) groups is 1. The molecular formula is C10H7N5O2S3. The van der Waals surface area contributed by atoms with Crippen LogP contribution in [-0.2, 0) is 4.99 Å². The summed E-state index contributed by atoms with van der Waals surface area (Å²) in [7, 11) is 0.